The molecular formula is C52H58ClN2O6+. The van der Waals surface area contributed by atoms with Crippen molar-refractivity contribution in [1.82, 2.24) is 9.13 Å². The lowest BCUT2D eigenvalue weighted by molar-refractivity contribution is -0.137. The van der Waals surface area contributed by atoms with Crippen LogP contribution < -0.4 is 9.47 Å². The minimum absolute atomic E-state index is 0.263. The number of hydrogen-bond acceptors (Lipinski definition) is 6. The van der Waals surface area contributed by atoms with Crippen LogP contribution in [0.2, 0.25) is 0 Å². The Hall–Kier alpha value is -6.18. The molecule has 5 aromatic rings. The molecule has 6 rings (SSSR count). The average molecular weight is 842 g/mol. The highest BCUT2D eigenvalue weighted by Gasteiger charge is 2.14. The van der Waals surface area contributed by atoms with E-state index in [1.54, 1.807) is 0 Å². The number of allylic oxidation sites excluding steroid dienone is 11. The van der Waals surface area contributed by atoms with E-state index in [-0.39, 0.29) is 12.6 Å². The summed E-state index contributed by atoms with van der Waals surface area (Å²) in [4.78, 5) is 20.4. The van der Waals surface area contributed by atoms with Gasteiger partial charge in [-0.15, -0.1) is 0 Å². The number of aliphatic hydroxyl groups excluding tert-OH is 1. The maximum Gasteiger partial charge on any atom is 0.330 e. The van der Waals surface area contributed by atoms with Crippen LogP contribution >= 0.6 is 11.6 Å². The molecule has 1 N–H and O–H groups in total. The minimum atomic E-state index is -0.509. The van der Waals surface area contributed by atoms with Gasteiger partial charge in [0.05, 0.1) is 48.7 Å². The summed E-state index contributed by atoms with van der Waals surface area (Å²) in [7, 11) is 4.19. The third kappa shape index (κ3) is 16.1. The monoisotopic (exact) mass is 841 g/mol. The average Bonchev–Trinajstić information content (AvgIpc) is 3.80. The second-order valence-corrected chi connectivity index (χ2v) is 14.5. The van der Waals surface area contributed by atoms with Crippen molar-refractivity contribution in [2.24, 2.45) is 14.1 Å². The molecule has 0 spiro atoms. The lowest BCUT2D eigenvalue weighted by atomic mass is 10.1. The third-order valence-corrected chi connectivity index (χ3v) is 9.79. The van der Waals surface area contributed by atoms with Crippen molar-refractivity contribution < 1.29 is 28.9 Å². The molecule has 1 aliphatic carbocycles. The van der Waals surface area contributed by atoms with Gasteiger partial charge < -0.3 is 28.5 Å². The number of rotatable bonds is 21. The number of fused-ring (bicyclic) bond motifs is 2. The van der Waals surface area contributed by atoms with E-state index in [4.69, 9.17) is 30.9 Å². The van der Waals surface area contributed by atoms with Gasteiger partial charge in [0, 0.05) is 61.5 Å². The Kier molecular flexibility index (Phi) is 20.9. The van der Waals surface area contributed by atoms with Gasteiger partial charge in [-0.25, -0.2) is 4.79 Å². The van der Waals surface area contributed by atoms with Crippen molar-refractivity contribution in [3.05, 3.63) is 165 Å². The second-order valence-electron chi connectivity index (χ2n) is 14.1. The van der Waals surface area contributed by atoms with Crippen LogP contribution in [0.15, 0.2) is 153 Å². The summed E-state index contributed by atoms with van der Waals surface area (Å²) < 4.78 is 21.2. The fourth-order valence-electron chi connectivity index (χ4n) is 6.42. The molecule has 0 radical (unpaired) electrons. The number of nitrogens with zero attached hydrogens (tertiary/aromatic N) is 2. The summed E-state index contributed by atoms with van der Waals surface area (Å²) in [6.07, 6.45) is 29.4. The van der Waals surface area contributed by atoms with Crippen molar-refractivity contribution >= 4 is 50.2 Å². The molecule has 0 unspecified atom stereocenters. The van der Waals surface area contributed by atoms with Crippen LogP contribution in [-0.2, 0) is 28.4 Å². The normalized spacial score (nSPS) is 11.7. The Bertz CT molecular complexity index is 2330. The fourth-order valence-corrected chi connectivity index (χ4v) is 6.42. The van der Waals surface area contributed by atoms with E-state index in [1.807, 2.05) is 30.4 Å². The second kappa shape index (κ2) is 26.8. The number of benzene rings is 3. The van der Waals surface area contributed by atoms with Crippen molar-refractivity contribution in [2.75, 3.05) is 26.4 Å². The summed E-state index contributed by atoms with van der Waals surface area (Å²) in [5, 5.41) is 10.7. The summed E-state index contributed by atoms with van der Waals surface area (Å²) >= 11 is 4.71. The SMILES string of the molecule is C=CC(=O)Cl.C=CC(=O)OCCC/C=C/CCCOc1ccc2cc(-c3ccccc3)n(C)c2c1.Cn1c(C2=CC=[C+]C=C2)cc2ccc(OCCC/C=C/CCCO)cc21. The van der Waals surface area contributed by atoms with Gasteiger partial charge in [-0.1, -0.05) is 67.8 Å². The van der Waals surface area contributed by atoms with E-state index in [0.29, 0.717) is 19.8 Å². The molecule has 9 heteroatoms. The molecule has 0 fully saturated rings. The van der Waals surface area contributed by atoms with Crippen LogP contribution in [0.25, 0.3) is 38.6 Å². The number of hydrogen-bond donors (Lipinski definition) is 1. The van der Waals surface area contributed by atoms with E-state index in [1.165, 1.54) is 50.4 Å². The highest BCUT2D eigenvalue weighted by atomic mass is 35.5. The Balaban J connectivity index is 0.000000244. The van der Waals surface area contributed by atoms with Crippen molar-refractivity contribution in [3.8, 4) is 22.8 Å². The van der Waals surface area contributed by atoms with Crippen LogP contribution in [0.4, 0.5) is 0 Å². The van der Waals surface area contributed by atoms with Crippen molar-refractivity contribution in [3.63, 3.8) is 0 Å². The summed E-state index contributed by atoms with van der Waals surface area (Å²) in [5.74, 6) is 1.45. The molecule has 3 aromatic carbocycles. The molecule has 8 nitrogen and oxygen atoms in total. The summed E-state index contributed by atoms with van der Waals surface area (Å²) in [6, 6.07) is 27.4. The maximum absolute atomic E-state index is 10.9. The lowest BCUT2D eigenvalue weighted by Gasteiger charge is -2.07. The van der Waals surface area contributed by atoms with Crippen molar-refractivity contribution in [2.45, 2.75) is 51.4 Å². The van der Waals surface area contributed by atoms with Gasteiger partial charge in [-0.2, -0.15) is 0 Å². The molecule has 2 heterocycles. The predicted octanol–water partition coefficient (Wildman–Crippen LogP) is 12.0. The van der Waals surface area contributed by atoms with E-state index in [0.717, 1.165) is 68.9 Å². The number of carbonyl (C=O) groups is 2. The zero-order valence-corrected chi connectivity index (χ0v) is 36.2. The first-order chi connectivity index (χ1) is 29.7. The molecular weight excluding hydrogens is 784 g/mol. The number of esters is 1. The van der Waals surface area contributed by atoms with E-state index in [9.17, 15) is 9.59 Å². The standard InChI is InChI=1S/C26H29NO3.C23H26NO2.C3H3ClO/c1-3-26(28)30-18-12-7-5-4-6-11-17-29-23-16-15-22-19-24(27(2)25(22)20-23)21-13-9-8-10-14-21;1-24-22(19-11-7-6-8-12-19)17-20-13-14-21(18-23(20)24)26-16-10-5-3-2-4-9-15-25;1-2-3(4)5/h3-5,8-10,13-16,19-20H,1,6-7,11-12,17-18H2,2H3;2-3,7-8,11-14,17-18,25H,4-5,9-10,15-16H2,1H3;2H,1H2/q;+1;/b5-4+;3-2+;. The van der Waals surface area contributed by atoms with Crippen LogP contribution in [0.1, 0.15) is 57.1 Å². The predicted molar refractivity (Wildman–Crippen MR) is 252 cm³/mol. The molecule has 1 aliphatic rings. The number of unbranched alkanes of at least 4 members (excludes halogenated alkanes) is 4. The van der Waals surface area contributed by atoms with Crippen LogP contribution in [0.3, 0.4) is 0 Å². The van der Waals surface area contributed by atoms with Gasteiger partial charge in [0.1, 0.15) is 29.2 Å². The third-order valence-electron chi connectivity index (χ3n) is 9.63. The summed E-state index contributed by atoms with van der Waals surface area (Å²) in [6.45, 7) is 8.54. The Labute approximate surface area is 366 Å². The molecule has 0 amide bonds. The smallest absolute Gasteiger partial charge is 0.330 e. The van der Waals surface area contributed by atoms with E-state index < -0.39 is 5.24 Å². The van der Waals surface area contributed by atoms with Crippen LogP contribution in [0, 0.1) is 6.08 Å². The molecule has 0 saturated carbocycles. The lowest BCUT2D eigenvalue weighted by Crippen LogP contribution is -2.01. The Morgan fingerprint density at radius 2 is 1.23 bits per heavy atom. The number of carbonyl (C=O) groups excluding carboxylic acids is 2. The maximum atomic E-state index is 10.9. The van der Waals surface area contributed by atoms with Gasteiger partial charge >= 0.3 is 5.97 Å². The first-order valence-corrected chi connectivity index (χ1v) is 21.1. The highest BCUT2D eigenvalue weighted by Crippen LogP contribution is 2.31. The van der Waals surface area contributed by atoms with Crippen molar-refractivity contribution in [1.29, 1.82) is 0 Å². The van der Waals surface area contributed by atoms with Gasteiger partial charge in [0.15, 0.2) is 0 Å². The molecule has 0 atom stereocenters. The molecule has 318 valence electrons. The molecule has 61 heavy (non-hydrogen) atoms. The number of halogens is 1. The van der Waals surface area contributed by atoms with E-state index >= 15 is 0 Å². The molecule has 0 bridgehead atoms. The highest BCUT2D eigenvalue weighted by molar-refractivity contribution is 6.66. The van der Waals surface area contributed by atoms with Gasteiger partial charge in [-0.05, 0) is 111 Å². The topological polar surface area (TPSA) is 91.9 Å². The van der Waals surface area contributed by atoms with Gasteiger partial charge in [-0.3, -0.25) is 4.79 Å². The Morgan fingerprint density at radius 1 is 0.705 bits per heavy atom. The van der Waals surface area contributed by atoms with Crippen LogP contribution in [-0.4, -0.2) is 51.9 Å². The first kappa shape index (κ1) is 47.5. The van der Waals surface area contributed by atoms with Gasteiger partial charge in [0.2, 0.25) is 5.24 Å². The molecule has 2 aromatic heterocycles. The summed E-state index contributed by atoms with van der Waals surface area (Å²) in [5.41, 5.74) is 7.14. The first-order valence-electron chi connectivity index (χ1n) is 20.7. The van der Waals surface area contributed by atoms with Crippen LogP contribution in [0.5, 0.6) is 11.5 Å². The fraction of sp³-hybridized carbons (Fsp3) is 0.269. The largest absolute Gasteiger partial charge is 0.494 e. The zero-order valence-electron chi connectivity index (χ0n) is 35.4. The minimum Gasteiger partial charge on any atom is -0.494 e. The number of aliphatic hydroxyl groups is 1. The van der Waals surface area contributed by atoms with E-state index in [2.05, 4.69) is 140 Å². The molecule has 0 aliphatic heterocycles. The quantitative estimate of drug-likeness (QED) is 0.0198. The molecule has 0 saturated heterocycles. The number of ether oxygens (including phenoxy) is 3. The number of aromatic nitrogens is 2. The number of aryl methyl sites for hydroxylation is 2. The zero-order chi connectivity index (χ0) is 43.7. The van der Waals surface area contributed by atoms with Gasteiger partial charge in [0.25, 0.3) is 0 Å². The Morgan fingerprint density at radius 3 is 1.74 bits per heavy atom.